The Bertz CT molecular complexity index is 1480. The SMILES string of the molecule is Cc1csc(C2CCCN2C(=O)c2cc(-c3nnc(C(C)Cc4ccccc4)o3)nc(N(C)S(C)=O)c2)n1.NSS. The number of nitrogens with zero attached hydrogens (tertiary/aromatic N) is 6. The van der Waals surface area contributed by atoms with E-state index in [1.807, 2.05) is 42.3 Å². The van der Waals surface area contributed by atoms with E-state index < -0.39 is 11.0 Å². The molecule has 0 spiro atoms. The lowest BCUT2D eigenvalue weighted by atomic mass is 10.0. The summed E-state index contributed by atoms with van der Waals surface area (Å²) in [6, 6.07) is 13.4. The van der Waals surface area contributed by atoms with Crippen LogP contribution in [0.1, 0.15) is 64.2 Å². The molecule has 2 N–H and O–H groups in total. The fourth-order valence-corrected chi connectivity index (χ4v) is 5.89. The van der Waals surface area contributed by atoms with Gasteiger partial charge < -0.3 is 9.32 Å². The molecule has 1 aliphatic rings. The molecule has 1 amide bonds. The molecule has 1 saturated heterocycles. The summed E-state index contributed by atoms with van der Waals surface area (Å²) in [4.78, 5) is 24.9. The zero-order valence-electron chi connectivity index (χ0n) is 23.3. The molecular formula is C27H33N7O3S4. The molecular weight excluding hydrogens is 599 g/mol. The number of anilines is 1. The number of aryl methyl sites for hydroxylation is 1. The number of pyridine rings is 1. The molecule has 10 nitrogen and oxygen atoms in total. The third kappa shape index (κ3) is 7.74. The van der Waals surface area contributed by atoms with Crippen LogP contribution in [0.4, 0.5) is 5.82 Å². The van der Waals surface area contributed by atoms with Crippen molar-refractivity contribution in [2.75, 3.05) is 24.2 Å². The standard InChI is InChI=1S/C27H30N6O3S2.H3NS2/c1-17(13-19-9-6-5-7-10-19)24-30-31-25(36-24)21-14-20(15-23(29-21)32(3)38(4)35)27(34)33-12-8-11-22(33)26-28-18(2)16-37-26;1-3-2/h5-7,9-10,14-17,22H,8,11-13H2,1-4H3;2H,1H2. The predicted molar refractivity (Wildman–Crippen MR) is 169 cm³/mol. The van der Waals surface area contributed by atoms with Crippen molar-refractivity contribution in [1.82, 2.24) is 25.1 Å². The average molecular weight is 632 g/mol. The second-order valence-corrected chi connectivity index (χ2v) is 12.8. The first-order chi connectivity index (χ1) is 19.7. The highest BCUT2D eigenvalue weighted by molar-refractivity contribution is 8.67. The normalized spacial score (nSPS) is 16.1. The van der Waals surface area contributed by atoms with Crippen LogP contribution in [0.5, 0.6) is 0 Å². The highest BCUT2D eigenvalue weighted by atomic mass is 33.1. The zero-order chi connectivity index (χ0) is 29.5. The molecule has 4 aromatic rings. The minimum absolute atomic E-state index is 0.000801. The highest BCUT2D eigenvalue weighted by Crippen LogP contribution is 2.35. The van der Waals surface area contributed by atoms with E-state index in [0.717, 1.165) is 40.9 Å². The van der Waals surface area contributed by atoms with Gasteiger partial charge in [0.2, 0.25) is 5.89 Å². The van der Waals surface area contributed by atoms with Crippen molar-refractivity contribution in [3.8, 4) is 11.6 Å². The third-order valence-electron chi connectivity index (χ3n) is 6.67. The number of hydrogen-bond acceptors (Lipinski definition) is 11. The van der Waals surface area contributed by atoms with Crippen molar-refractivity contribution in [3.05, 3.63) is 75.6 Å². The Labute approximate surface area is 255 Å². The van der Waals surface area contributed by atoms with E-state index in [1.54, 1.807) is 36.8 Å². The van der Waals surface area contributed by atoms with Gasteiger partial charge in [-0.15, -0.1) is 21.5 Å². The van der Waals surface area contributed by atoms with Gasteiger partial charge in [0.15, 0.2) is 0 Å². The number of hydrogen-bond donors (Lipinski definition) is 2. The van der Waals surface area contributed by atoms with Crippen LogP contribution < -0.4 is 9.44 Å². The Morgan fingerprint density at radius 1 is 1.29 bits per heavy atom. The Morgan fingerprint density at radius 2 is 2.02 bits per heavy atom. The van der Waals surface area contributed by atoms with E-state index in [9.17, 15) is 9.00 Å². The number of amides is 1. The molecule has 41 heavy (non-hydrogen) atoms. The highest BCUT2D eigenvalue weighted by Gasteiger charge is 2.33. The number of likely N-dealkylation sites (tertiary alicyclic amines) is 1. The first kappa shape index (κ1) is 31.2. The summed E-state index contributed by atoms with van der Waals surface area (Å²) in [5, 5.41) is 16.1. The third-order valence-corrected chi connectivity index (χ3v) is 8.69. The lowest BCUT2D eigenvalue weighted by Gasteiger charge is -2.24. The summed E-state index contributed by atoms with van der Waals surface area (Å²) >= 11 is 5.06. The summed E-state index contributed by atoms with van der Waals surface area (Å²) < 4.78 is 19.8. The van der Waals surface area contributed by atoms with Crippen LogP contribution in [0.25, 0.3) is 11.6 Å². The molecule has 1 fully saturated rings. The molecule has 1 aliphatic heterocycles. The lowest BCUT2D eigenvalue weighted by molar-refractivity contribution is 0.0735. The van der Waals surface area contributed by atoms with E-state index in [4.69, 9.17) is 4.42 Å². The van der Waals surface area contributed by atoms with Crippen molar-refractivity contribution in [1.29, 1.82) is 0 Å². The quantitative estimate of drug-likeness (QED) is 0.149. The molecule has 4 heterocycles. The molecule has 0 bridgehead atoms. The van der Waals surface area contributed by atoms with Crippen LogP contribution in [0.15, 0.2) is 52.3 Å². The van der Waals surface area contributed by atoms with E-state index in [-0.39, 0.29) is 23.8 Å². The van der Waals surface area contributed by atoms with E-state index >= 15 is 0 Å². The Hall–Kier alpha value is -2.78. The first-order valence-electron chi connectivity index (χ1n) is 12.9. The average Bonchev–Trinajstić information content (AvgIpc) is 3.74. The van der Waals surface area contributed by atoms with Crippen molar-refractivity contribution in [3.63, 3.8) is 0 Å². The molecule has 3 atom stereocenters. The maximum atomic E-state index is 13.8. The summed E-state index contributed by atoms with van der Waals surface area (Å²) in [6.07, 6.45) is 4.09. The van der Waals surface area contributed by atoms with Crippen molar-refractivity contribution in [2.45, 2.75) is 45.1 Å². The number of thiazole rings is 1. The molecule has 0 saturated carbocycles. The first-order valence-corrected chi connectivity index (χ1v) is 17.2. The number of thiol groups is 1. The lowest BCUT2D eigenvalue weighted by Crippen LogP contribution is -2.31. The minimum atomic E-state index is -1.34. The largest absolute Gasteiger partial charge is 0.419 e. The van der Waals surface area contributed by atoms with Crippen LogP contribution in [0.3, 0.4) is 0 Å². The topological polar surface area (TPSA) is 131 Å². The molecule has 218 valence electrons. The van der Waals surface area contributed by atoms with Gasteiger partial charge in [0.05, 0.1) is 6.04 Å². The fraction of sp³-hybridized carbons (Fsp3) is 0.370. The van der Waals surface area contributed by atoms with Gasteiger partial charge in [-0.1, -0.05) is 48.9 Å². The van der Waals surface area contributed by atoms with Gasteiger partial charge in [-0.3, -0.25) is 14.2 Å². The van der Waals surface area contributed by atoms with Crippen LogP contribution in [-0.2, 0) is 17.4 Å². The molecule has 1 aromatic carbocycles. The Kier molecular flexibility index (Phi) is 10.9. The van der Waals surface area contributed by atoms with Gasteiger partial charge in [-0.05, 0) is 54.9 Å². The number of carbonyl (C=O) groups is 1. The van der Waals surface area contributed by atoms with Crippen molar-refractivity contribution < 1.29 is 13.4 Å². The van der Waals surface area contributed by atoms with Crippen molar-refractivity contribution >= 4 is 56.7 Å². The van der Waals surface area contributed by atoms with Gasteiger partial charge >= 0.3 is 0 Å². The van der Waals surface area contributed by atoms with E-state index in [1.165, 1.54) is 9.87 Å². The van der Waals surface area contributed by atoms with Crippen LogP contribution in [0, 0.1) is 6.92 Å². The van der Waals surface area contributed by atoms with Crippen LogP contribution >= 0.6 is 34.0 Å². The van der Waals surface area contributed by atoms with E-state index in [2.05, 4.69) is 49.1 Å². The molecule has 3 aromatic heterocycles. The molecule has 0 radical (unpaired) electrons. The van der Waals surface area contributed by atoms with E-state index in [0.29, 0.717) is 29.5 Å². The van der Waals surface area contributed by atoms with Crippen molar-refractivity contribution in [2.24, 2.45) is 5.14 Å². The van der Waals surface area contributed by atoms with Gasteiger partial charge in [-0.2, -0.15) is 0 Å². The number of rotatable bonds is 8. The van der Waals surface area contributed by atoms with Crippen LogP contribution in [0.2, 0.25) is 0 Å². The summed E-state index contributed by atoms with van der Waals surface area (Å²) in [7, 11) is 1.28. The fourth-order valence-electron chi connectivity index (χ4n) is 4.59. The zero-order valence-corrected chi connectivity index (χ0v) is 26.6. The maximum Gasteiger partial charge on any atom is 0.266 e. The molecule has 0 aliphatic carbocycles. The summed E-state index contributed by atoms with van der Waals surface area (Å²) in [5.41, 5.74) is 2.93. The minimum Gasteiger partial charge on any atom is -0.419 e. The second kappa shape index (κ2) is 14.4. The van der Waals surface area contributed by atoms with Gasteiger partial charge in [-0.25, -0.2) is 14.2 Å². The Balaban J connectivity index is 0.00000124. The van der Waals surface area contributed by atoms with Crippen LogP contribution in [-0.4, -0.2) is 55.0 Å². The molecule has 5 rings (SSSR count). The number of carbonyl (C=O) groups excluding carboxylic acids is 1. The molecule has 3 unspecified atom stereocenters. The number of aromatic nitrogens is 4. The Morgan fingerprint density at radius 3 is 2.68 bits per heavy atom. The van der Waals surface area contributed by atoms with Gasteiger partial charge in [0.25, 0.3) is 11.8 Å². The van der Waals surface area contributed by atoms with Gasteiger partial charge in [0, 0.05) is 42.4 Å². The summed E-state index contributed by atoms with van der Waals surface area (Å²) in [5.74, 6) is 0.984. The monoisotopic (exact) mass is 631 g/mol. The second-order valence-electron chi connectivity index (χ2n) is 9.65. The molecule has 14 heteroatoms. The predicted octanol–water partition coefficient (Wildman–Crippen LogP) is 5.39. The number of benzene rings is 1. The van der Waals surface area contributed by atoms with Gasteiger partial charge in [0.1, 0.15) is 27.5 Å². The maximum absolute atomic E-state index is 13.8. The number of nitrogens with two attached hydrogens (primary N) is 1. The summed E-state index contributed by atoms with van der Waals surface area (Å²) in [6.45, 7) is 4.64. The smallest absolute Gasteiger partial charge is 0.266 e.